The van der Waals surface area contributed by atoms with Gasteiger partial charge in [0.15, 0.2) is 6.61 Å². The second-order valence-electron chi connectivity index (χ2n) is 3.31. The van der Waals surface area contributed by atoms with Crippen molar-refractivity contribution in [1.29, 1.82) is 0 Å². The zero-order valence-corrected chi connectivity index (χ0v) is 10.1. The molecule has 0 saturated carbocycles. The molecule has 1 amide bonds. The molecule has 1 aromatic carbocycles. The van der Waals surface area contributed by atoms with Gasteiger partial charge >= 0.3 is 5.97 Å². The van der Waals surface area contributed by atoms with Crippen LogP contribution in [0.5, 0.6) is 5.75 Å². The minimum atomic E-state index is -0.432. The number of hydrogen-bond donors (Lipinski definition) is 1. The van der Waals surface area contributed by atoms with E-state index in [1.807, 2.05) is 0 Å². The highest BCUT2D eigenvalue weighted by molar-refractivity contribution is 5.98. The van der Waals surface area contributed by atoms with Gasteiger partial charge in [-0.15, -0.1) is 0 Å². The monoisotopic (exact) mass is 249 g/mol. The summed E-state index contributed by atoms with van der Waals surface area (Å²) >= 11 is 0. The predicted molar refractivity (Wildman–Crippen MR) is 67.4 cm³/mol. The molecule has 0 fully saturated rings. The summed E-state index contributed by atoms with van der Waals surface area (Å²) in [7, 11) is 0. The molecule has 0 aliphatic heterocycles. The number of hydrogen-bond acceptors (Lipinski definition) is 4. The molecule has 1 rings (SSSR count). The number of anilines is 1. The Morgan fingerprint density at radius 2 is 2.22 bits per heavy atom. The highest BCUT2D eigenvalue weighted by Crippen LogP contribution is 2.17. The quantitative estimate of drug-likeness (QED) is 0.616. The summed E-state index contributed by atoms with van der Waals surface area (Å²) in [5, 5.41) is 2.59. The number of carbonyl (C=O) groups is 2. The van der Waals surface area contributed by atoms with E-state index in [-0.39, 0.29) is 12.5 Å². The molecule has 0 bridgehead atoms. The van der Waals surface area contributed by atoms with Crippen molar-refractivity contribution < 1.29 is 19.1 Å². The van der Waals surface area contributed by atoms with Gasteiger partial charge in [0, 0.05) is 11.8 Å². The van der Waals surface area contributed by atoms with Crippen LogP contribution in [0.3, 0.4) is 0 Å². The maximum Gasteiger partial charge on any atom is 0.344 e. The van der Waals surface area contributed by atoms with E-state index in [4.69, 9.17) is 9.47 Å². The molecule has 0 aromatic heterocycles. The van der Waals surface area contributed by atoms with Crippen LogP contribution in [-0.4, -0.2) is 25.1 Å². The van der Waals surface area contributed by atoms with Crippen LogP contribution in [0.25, 0.3) is 0 Å². The van der Waals surface area contributed by atoms with E-state index in [1.165, 1.54) is 6.08 Å². The number of ether oxygens (including phenoxy) is 2. The van der Waals surface area contributed by atoms with Crippen molar-refractivity contribution in [3.63, 3.8) is 0 Å². The summed E-state index contributed by atoms with van der Waals surface area (Å²) in [5.74, 6) is -0.263. The molecule has 0 radical (unpaired) electrons. The maximum absolute atomic E-state index is 11.1. The third kappa shape index (κ3) is 4.69. The lowest BCUT2D eigenvalue weighted by atomic mass is 10.3. The smallest absolute Gasteiger partial charge is 0.344 e. The third-order valence-electron chi connectivity index (χ3n) is 1.95. The van der Waals surface area contributed by atoms with Gasteiger partial charge in [-0.3, -0.25) is 4.79 Å². The number of rotatable bonds is 6. The average Bonchev–Trinajstić information content (AvgIpc) is 2.37. The second kappa shape index (κ2) is 7.11. The van der Waals surface area contributed by atoms with Crippen LogP contribution in [0.1, 0.15) is 6.92 Å². The van der Waals surface area contributed by atoms with Gasteiger partial charge in [0.2, 0.25) is 5.91 Å². The van der Waals surface area contributed by atoms with E-state index in [9.17, 15) is 9.59 Å². The molecule has 0 saturated heterocycles. The van der Waals surface area contributed by atoms with Crippen LogP contribution < -0.4 is 10.1 Å². The lowest BCUT2D eigenvalue weighted by molar-refractivity contribution is -0.145. The minimum absolute atomic E-state index is 0.160. The topological polar surface area (TPSA) is 64.6 Å². The van der Waals surface area contributed by atoms with Crippen molar-refractivity contribution in [1.82, 2.24) is 0 Å². The van der Waals surface area contributed by atoms with Crippen LogP contribution in [0.4, 0.5) is 5.69 Å². The zero-order valence-electron chi connectivity index (χ0n) is 10.1. The summed E-state index contributed by atoms with van der Waals surface area (Å²) in [5.41, 5.74) is 0.571. The first-order valence-corrected chi connectivity index (χ1v) is 5.47. The Morgan fingerprint density at radius 1 is 1.44 bits per heavy atom. The molecular formula is C13H15NO4. The molecule has 5 nitrogen and oxygen atoms in total. The van der Waals surface area contributed by atoms with Crippen molar-refractivity contribution in [2.24, 2.45) is 0 Å². The molecule has 0 spiro atoms. The molecular weight excluding hydrogens is 234 g/mol. The van der Waals surface area contributed by atoms with Gasteiger partial charge in [-0.25, -0.2) is 4.79 Å². The van der Waals surface area contributed by atoms with E-state index in [2.05, 4.69) is 11.9 Å². The fourth-order valence-corrected chi connectivity index (χ4v) is 1.20. The molecule has 18 heavy (non-hydrogen) atoms. The van der Waals surface area contributed by atoms with E-state index in [1.54, 1.807) is 31.2 Å². The minimum Gasteiger partial charge on any atom is -0.482 e. The van der Waals surface area contributed by atoms with Gasteiger partial charge in [0.25, 0.3) is 0 Å². The van der Waals surface area contributed by atoms with E-state index >= 15 is 0 Å². The average molecular weight is 249 g/mol. The Hall–Kier alpha value is -2.30. The molecule has 0 heterocycles. The third-order valence-corrected chi connectivity index (χ3v) is 1.95. The van der Waals surface area contributed by atoms with Crippen LogP contribution >= 0.6 is 0 Å². The number of benzene rings is 1. The highest BCUT2D eigenvalue weighted by atomic mass is 16.6. The van der Waals surface area contributed by atoms with Crippen LogP contribution in [0.2, 0.25) is 0 Å². The Bertz CT molecular complexity index is 442. The predicted octanol–water partition coefficient (Wildman–Crippen LogP) is 1.75. The second-order valence-corrected chi connectivity index (χ2v) is 3.31. The van der Waals surface area contributed by atoms with Crippen molar-refractivity contribution in [2.75, 3.05) is 18.5 Å². The standard InChI is InChI=1S/C13H15NO4/c1-3-12(15)14-10-6-5-7-11(8-10)18-9-13(16)17-4-2/h3,5-8H,1,4,9H2,2H3,(H,14,15). The molecule has 1 N–H and O–H groups in total. The largest absolute Gasteiger partial charge is 0.482 e. The van der Waals surface area contributed by atoms with Gasteiger partial charge < -0.3 is 14.8 Å². The first kappa shape index (κ1) is 13.8. The van der Waals surface area contributed by atoms with E-state index in [0.29, 0.717) is 18.0 Å². The van der Waals surface area contributed by atoms with Gasteiger partial charge in [-0.1, -0.05) is 12.6 Å². The summed E-state index contributed by atoms with van der Waals surface area (Å²) in [6.45, 7) is 5.24. The normalized spacial score (nSPS) is 9.39. The van der Waals surface area contributed by atoms with Gasteiger partial charge in [-0.05, 0) is 25.1 Å². The molecule has 0 unspecified atom stereocenters. The molecule has 0 aliphatic rings. The van der Waals surface area contributed by atoms with Crippen molar-refractivity contribution >= 4 is 17.6 Å². The van der Waals surface area contributed by atoms with E-state index < -0.39 is 5.97 Å². The van der Waals surface area contributed by atoms with Gasteiger partial charge in [-0.2, -0.15) is 0 Å². The fraction of sp³-hybridized carbons (Fsp3) is 0.231. The Morgan fingerprint density at radius 3 is 2.89 bits per heavy atom. The van der Waals surface area contributed by atoms with Gasteiger partial charge in [0.1, 0.15) is 5.75 Å². The zero-order chi connectivity index (χ0) is 13.4. The number of carbonyl (C=O) groups excluding carboxylic acids is 2. The first-order valence-electron chi connectivity index (χ1n) is 5.47. The van der Waals surface area contributed by atoms with E-state index in [0.717, 1.165) is 0 Å². The van der Waals surface area contributed by atoms with Crippen LogP contribution in [-0.2, 0) is 14.3 Å². The van der Waals surface area contributed by atoms with Crippen LogP contribution in [0.15, 0.2) is 36.9 Å². The molecule has 1 aromatic rings. The Kier molecular flexibility index (Phi) is 5.44. The molecule has 5 heteroatoms. The van der Waals surface area contributed by atoms with Crippen LogP contribution in [0, 0.1) is 0 Å². The first-order chi connectivity index (χ1) is 8.65. The summed E-state index contributed by atoms with van der Waals surface area (Å²) in [4.78, 5) is 22.2. The van der Waals surface area contributed by atoms with Crippen molar-refractivity contribution in [2.45, 2.75) is 6.92 Å². The molecule has 0 atom stereocenters. The molecule has 0 aliphatic carbocycles. The van der Waals surface area contributed by atoms with Crippen molar-refractivity contribution in [3.8, 4) is 5.75 Å². The lowest BCUT2D eigenvalue weighted by Gasteiger charge is -2.07. The number of amides is 1. The summed E-state index contributed by atoms with van der Waals surface area (Å²) in [6.07, 6.45) is 1.17. The highest BCUT2D eigenvalue weighted by Gasteiger charge is 2.04. The SMILES string of the molecule is C=CC(=O)Nc1cccc(OCC(=O)OCC)c1. The lowest BCUT2D eigenvalue weighted by Crippen LogP contribution is -2.14. The Balaban J connectivity index is 2.56. The molecule has 96 valence electrons. The number of nitrogens with one attached hydrogen (secondary N) is 1. The number of esters is 1. The van der Waals surface area contributed by atoms with Crippen molar-refractivity contribution in [3.05, 3.63) is 36.9 Å². The van der Waals surface area contributed by atoms with Gasteiger partial charge in [0.05, 0.1) is 6.61 Å². The summed E-state index contributed by atoms with van der Waals surface area (Å²) in [6, 6.07) is 6.71. The maximum atomic E-state index is 11.1. The Labute approximate surface area is 105 Å². The fourth-order valence-electron chi connectivity index (χ4n) is 1.20. The summed E-state index contributed by atoms with van der Waals surface area (Å²) < 4.78 is 9.95.